The first-order valence-corrected chi connectivity index (χ1v) is 10.7. The second-order valence-corrected chi connectivity index (χ2v) is 8.23. The first kappa shape index (κ1) is 20.4. The molecular formula is C24H24BrN3O2. The molecule has 0 saturated carbocycles. The van der Waals surface area contributed by atoms with Crippen LogP contribution in [-0.4, -0.2) is 32.2 Å². The molecule has 1 fully saturated rings. The lowest BCUT2D eigenvalue weighted by atomic mass is 9.97. The monoisotopic (exact) mass is 465 g/mol. The van der Waals surface area contributed by atoms with Gasteiger partial charge in [0.2, 0.25) is 0 Å². The minimum atomic E-state index is -0.141. The van der Waals surface area contributed by atoms with Gasteiger partial charge in [0.1, 0.15) is 0 Å². The van der Waals surface area contributed by atoms with Gasteiger partial charge in [-0.3, -0.25) is 4.79 Å². The van der Waals surface area contributed by atoms with E-state index in [2.05, 4.69) is 26.1 Å². The Bertz CT molecular complexity index is 1060. The molecule has 5 nitrogen and oxygen atoms in total. The third-order valence-corrected chi connectivity index (χ3v) is 5.91. The summed E-state index contributed by atoms with van der Waals surface area (Å²) in [6.07, 6.45) is 0. The van der Waals surface area contributed by atoms with E-state index in [1.807, 2.05) is 67.6 Å². The highest BCUT2D eigenvalue weighted by Gasteiger charge is 2.15. The number of carbonyl (C=O) groups is 1. The van der Waals surface area contributed by atoms with Crippen LogP contribution in [0.1, 0.15) is 15.9 Å². The highest BCUT2D eigenvalue weighted by molar-refractivity contribution is 9.10. The first-order valence-electron chi connectivity index (χ1n) is 9.91. The molecule has 0 spiro atoms. The maximum absolute atomic E-state index is 12.9. The van der Waals surface area contributed by atoms with Gasteiger partial charge in [-0.05, 0) is 82.0 Å². The van der Waals surface area contributed by atoms with Crippen LogP contribution in [0, 0.1) is 6.92 Å². The number of hydrogen-bond acceptors (Lipinski definition) is 4. The average molecular weight is 466 g/mol. The molecule has 1 aliphatic heterocycles. The highest BCUT2D eigenvalue weighted by atomic mass is 79.9. The fraction of sp³-hybridized carbons (Fsp3) is 0.208. The molecule has 0 atom stereocenters. The van der Waals surface area contributed by atoms with Gasteiger partial charge in [-0.15, -0.1) is 0 Å². The van der Waals surface area contributed by atoms with Crippen LogP contribution in [0.4, 0.5) is 17.1 Å². The highest BCUT2D eigenvalue weighted by Crippen LogP contribution is 2.30. The van der Waals surface area contributed by atoms with E-state index in [0.717, 1.165) is 64.5 Å². The topological polar surface area (TPSA) is 67.6 Å². The number of hydrogen-bond donors (Lipinski definition) is 2. The predicted octanol–water partition coefficient (Wildman–Crippen LogP) is 5.10. The lowest BCUT2D eigenvalue weighted by Gasteiger charge is -2.29. The van der Waals surface area contributed by atoms with Crippen molar-refractivity contribution in [2.45, 2.75) is 6.92 Å². The Balaban J connectivity index is 1.53. The van der Waals surface area contributed by atoms with E-state index in [4.69, 9.17) is 10.5 Å². The van der Waals surface area contributed by atoms with Gasteiger partial charge in [0.15, 0.2) is 0 Å². The van der Waals surface area contributed by atoms with Crippen molar-refractivity contribution in [2.24, 2.45) is 0 Å². The molecule has 6 heteroatoms. The van der Waals surface area contributed by atoms with E-state index in [0.29, 0.717) is 5.56 Å². The summed E-state index contributed by atoms with van der Waals surface area (Å²) in [5, 5.41) is 3.00. The van der Waals surface area contributed by atoms with Crippen molar-refractivity contribution >= 4 is 38.9 Å². The lowest BCUT2D eigenvalue weighted by molar-refractivity contribution is 0.102. The summed E-state index contributed by atoms with van der Waals surface area (Å²) in [5.41, 5.74) is 12.1. The van der Waals surface area contributed by atoms with Crippen molar-refractivity contribution in [2.75, 3.05) is 42.3 Å². The van der Waals surface area contributed by atoms with Crippen molar-refractivity contribution in [3.63, 3.8) is 0 Å². The molecule has 1 amide bonds. The normalized spacial score (nSPS) is 13.9. The fourth-order valence-electron chi connectivity index (χ4n) is 3.59. The van der Waals surface area contributed by atoms with E-state index in [-0.39, 0.29) is 5.91 Å². The van der Waals surface area contributed by atoms with Gasteiger partial charge in [-0.2, -0.15) is 0 Å². The molecular weight excluding hydrogens is 442 g/mol. The second kappa shape index (κ2) is 8.90. The molecule has 3 N–H and O–H groups in total. The Morgan fingerprint density at radius 3 is 2.47 bits per heavy atom. The number of halogens is 1. The molecule has 3 aromatic carbocycles. The number of aryl methyl sites for hydroxylation is 1. The zero-order valence-corrected chi connectivity index (χ0v) is 18.4. The first-order chi connectivity index (χ1) is 14.5. The Morgan fingerprint density at radius 1 is 1.03 bits per heavy atom. The van der Waals surface area contributed by atoms with Gasteiger partial charge in [0.25, 0.3) is 5.91 Å². The Labute approximate surface area is 185 Å². The zero-order valence-electron chi connectivity index (χ0n) is 16.8. The standard InChI is InChI=1S/C24H24BrN3O2/c1-16-2-3-18(14-21(16)17-4-6-19(26)7-5-17)24(29)27-20-8-9-23(22(25)15-20)28-10-12-30-13-11-28/h2-9,14-15H,10-13,26H2,1H3,(H,27,29). The number of ether oxygens (including phenoxy) is 1. The number of morpholine rings is 1. The van der Waals surface area contributed by atoms with Crippen LogP contribution in [-0.2, 0) is 4.74 Å². The molecule has 1 saturated heterocycles. The largest absolute Gasteiger partial charge is 0.399 e. The van der Waals surface area contributed by atoms with Gasteiger partial charge in [-0.25, -0.2) is 0 Å². The van der Waals surface area contributed by atoms with Crippen LogP contribution in [0.15, 0.2) is 65.1 Å². The van der Waals surface area contributed by atoms with Crippen LogP contribution >= 0.6 is 15.9 Å². The third-order valence-electron chi connectivity index (χ3n) is 5.28. The fourth-order valence-corrected chi connectivity index (χ4v) is 4.22. The lowest BCUT2D eigenvalue weighted by Crippen LogP contribution is -2.36. The van der Waals surface area contributed by atoms with Gasteiger partial charge >= 0.3 is 0 Å². The maximum Gasteiger partial charge on any atom is 0.255 e. The molecule has 154 valence electrons. The number of nitrogen functional groups attached to an aromatic ring is 1. The minimum Gasteiger partial charge on any atom is -0.399 e. The second-order valence-electron chi connectivity index (χ2n) is 7.37. The molecule has 4 rings (SSSR count). The number of nitrogens with one attached hydrogen (secondary N) is 1. The molecule has 1 aliphatic rings. The van der Waals surface area contributed by atoms with Gasteiger partial charge in [0.05, 0.1) is 18.9 Å². The molecule has 1 heterocycles. The summed E-state index contributed by atoms with van der Waals surface area (Å²) in [6, 6.07) is 19.3. The third kappa shape index (κ3) is 4.50. The number of benzene rings is 3. The molecule has 0 bridgehead atoms. The van der Waals surface area contributed by atoms with Gasteiger partial charge < -0.3 is 20.7 Å². The SMILES string of the molecule is Cc1ccc(C(=O)Nc2ccc(N3CCOCC3)c(Br)c2)cc1-c1ccc(N)cc1. The van der Waals surface area contributed by atoms with Crippen molar-refractivity contribution in [3.05, 3.63) is 76.3 Å². The summed E-state index contributed by atoms with van der Waals surface area (Å²) in [6.45, 7) is 5.22. The van der Waals surface area contributed by atoms with Crippen LogP contribution in [0.25, 0.3) is 11.1 Å². The van der Waals surface area contributed by atoms with Crippen LogP contribution in [0.5, 0.6) is 0 Å². The number of anilines is 3. The van der Waals surface area contributed by atoms with Crippen molar-refractivity contribution in [3.8, 4) is 11.1 Å². The number of nitrogens with two attached hydrogens (primary N) is 1. The van der Waals surface area contributed by atoms with Crippen LogP contribution in [0.2, 0.25) is 0 Å². The van der Waals surface area contributed by atoms with Crippen LogP contribution in [0.3, 0.4) is 0 Å². The number of nitrogens with zero attached hydrogens (tertiary/aromatic N) is 1. The van der Waals surface area contributed by atoms with Gasteiger partial charge in [0, 0.05) is 34.5 Å². The summed E-state index contributed by atoms with van der Waals surface area (Å²) < 4.78 is 6.37. The summed E-state index contributed by atoms with van der Waals surface area (Å²) >= 11 is 3.64. The number of rotatable bonds is 4. The Kier molecular flexibility index (Phi) is 6.06. The van der Waals surface area contributed by atoms with E-state index >= 15 is 0 Å². The summed E-state index contributed by atoms with van der Waals surface area (Å²) in [4.78, 5) is 15.2. The molecule has 30 heavy (non-hydrogen) atoms. The molecule has 0 aromatic heterocycles. The maximum atomic E-state index is 12.9. The Hall–Kier alpha value is -2.83. The van der Waals surface area contributed by atoms with E-state index in [1.165, 1.54) is 0 Å². The van der Waals surface area contributed by atoms with Crippen LogP contribution < -0.4 is 16.0 Å². The number of amides is 1. The summed E-state index contributed by atoms with van der Waals surface area (Å²) in [7, 11) is 0. The van der Waals surface area contributed by atoms with E-state index < -0.39 is 0 Å². The molecule has 0 unspecified atom stereocenters. The van der Waals surface area contributed by atoms with Gasteiger partial charge in [-0.1, -0.05) is 18.2 Å². The van der Waals surface area contributed by atoms with E-state index in [1.54, 1.807) is 0 Å². The Morgan fingerprint density at radius 2 is 1.77 bits per heavy atom. The zero-order chi connectivity index (χ0) is 21.1. The van der Waals surface area contributed by atoms with Crippen molar-refractivity contribution in [1.82, 2.24) is 0 Å². The number of carbonyl (C=O) groups excluding carboxylic acids is 1. The molecule has 0 aliphatic carbocycles. The van der Waals surface area contributed by atoms with E-state index in [9.17, 15) is 4.79 Å². The van der Waals surface area contributed by atoms with Crippen molar-refractivity contribution < 1.29 is 9.53 Å². The average Bonchev–Trinajstić information content (AvgIpc) is 2.75. The summed E-state index contributed by atoms with van der Waals surface area (Å²) in [5.74, 6) is -0.141. The quantitative estimate of drug-likeness (QED) is 0.526. The smallest absolute Gasteiger partial charge is 0.255 e. The predicted molar refractivity (Wildman–Crippen MR) is 126 cm³/mol. The molecule has 0 radical (unpaired) electrons. The molecule has 3 aromatic rings. The van der Waals surface area contributed by atoms with Crippen molar-refractivity contribution in [1.29, 1.82) is 0 Å². The minimum absolute atomic E-state index is 0.141.